The van der Waals surface area contributed by atoms with Crippen LogP contribution in [0.3, 0.4) is 0 Å². The number of anilines is 2. The molecule has 0 fully saturated rings. The third-order valence-electron chi connectivity index (χ3n) is 6.89. The predicted molar refractivity (Wildman–Crippen MR) is 150 cm³/mol. The number of carbonyl (C=O) groups is 1. The monoisotopic (exact) mass is 535 g/mol. The molecule has 0 saturated heterocycles. The second-order valence-electron chi connectivity index (χ2n) is 9.32. The molecule has 0 aliphatic heterocycles. The highest BCUT2D eigenvalue weighted by atomic mass is 16.5. The summed E-state index contributed by atoms with van der Waals surface area (Å²) in [5, 5.41) is 23.6. The number of methoxy groups -OCH3 is 1. The summed E-state index contributed by atoms with van der Waals surface area (Å²) in [6.45, 7) is 0. The number of nitrogens with zero attached hydrogens (tertiary/aromatic N) is 5. The zero-order valence-corrected chi connectivity index (χ0v) is 21.6. The minimum atomic E-state index is -1.29. The fraction of sp³-hybridized carbons (Fsp3) is 0.172. The number of H-pyrrole nitrogens is 1. The molecule has 0 saturated carbocycles. The molecular formula is C29H25N7O4. The summed E-state index contributed by atoms with van der Waals surface area (Å²) in [5.41, 5.74) is 4.12. The molecule has 0 radical (unpaired) electrons. The van der Waals surface area contributed by atoms with E-state index in [4.69, 9.17) is 9.72 Å². The van der Waals surface area contributed by atoms with Gasteiger partial charge in [0.1, 0.15) is 17.9 Å². The zero-order chi connectivity index (χ0) is 27.6. The number of fused-ring (bicyclic) bond motifs is 1. The van der Waals surface area contributed by atoms with E-state index < -0.39 is 5.97 Å². The van der Waals surface area contributed by atoms with Crippen molar-refractivity contribution in [3.8, 4) is 28.1 Å². The Balaban J connectivity index is 1.66. The van der Waals surface area contributed by atoms with E-state index in [0.29, 0.717) is 17.0 Å². The lowest BCUT2D eigenvalue weighted by molar-refractivity contribution is 0.0691. The fourth-order valence-corrected chi connectivity index (χ4v) is 4.99. The van der Waals surface area contributed by atoms with Gasteiger partial charge in [0.05, 0.1) is 18.4 Å². The van der Waals surface area contributed by atoms with Crippen molar-refractivity contribution in [1.29, 1.82) is 0 Å². The van der Waals surface area contributed by atoms with Crippen LogP contribution in [-0.4, -0.2) is 48.0 Å². The lowest BCUT2D eigenvalue weighted by Gasteiger charge is -2.15. The van der Waals surface area contributed by atoms with Crippen LogP contribution in [0.4, 0.5) is 11.6 Å². The Kier molecular flexibility index (Phi) is 6.52. The lowest BCUT2D eigenvalue weighted by atomic mass is 9.92. The molecule has 3 aromatic heterocycles. The number of nitrogens with one attached hydrogen (secondary N) is 2. The van der Waals surface area contributed by atoms with E-state index >= 15 is 0 Å². The molecule has 0 spiro atoms. The van der Waals surface area contributed by atoms with Crippen molar-refractivity contribution in [2.75, 3.05) is 12.4 Å². The van der Waals surface area contributed by atoms with Gasteiger partial charge in [0.2, 0.25) is 0 Å². The van der Waals surface area contributed by atoms with Gasteiger partial charge in [-0.2, -0.15) is 4.52 Å². The number of allylic oxidation sites excluding steroid dienone is 2. The Hall–Kier alpha value is -5.32. The standard InChI is InChI=1S/C29H25N7O4/c1-40-20-14-12-18(13-15-20)22-25(32-26-24(29(38)39)30-16-31-34-26)33-27-21(17-8-4-2-5-9-17)23(35-36(27)28(22)37)19-10-6-3-7-11-19/h3,6-8,10-16,35H,2,4-5,9H2,1H3,(H,32,34)(H,38,39). The molecule has 200 valence electrons. The highest BCUT2D eigenvalue weighted by Crippen LogP contribution is 2.37. The Morgan fingerprint density at radius 3 is 2.52 bits per heavy atom. The minimum Gasteiger partial charge on any atom is -0.497 e. The first-order valence-electron chi connectivity index (χ1n) is 12.8. The van der Waals surface area contributed by atoms with Crippen LogP contribution in [0.25, 0.3) is 33.6 Å². The molecule has 3 heterocycles. The van der Waals surface area contributed by atoms with Crippen molar-refractivity contribution in [1.82, 2.24) is 29.8 Å². The average molecular weight is 536 g/mol. The molecule has 0 unspecified atom stereocenters. The van der Waals surface area contributed by atoms with E-state index in [1.807, 2.05) is 30.3 Å². The van der Waals surface area contributed by atoms with Gasteiger partial charge in [-0.25, -0.2) is 14.8 Å². The van der Waals surface area contributed by atoms with E-state index in [1.54, 1.807) is 31.4 Å². The number of benzene rings is 2. The van der Waals surface area contributed by atoms with E-state index in [1.165, 1.54) is 4.52 Å². The summed E-state index contributed by atoms with van der Waals surface area (Å²) in [5.74, 6) is -0.659. The molecule has 1 aliphatic rings. The maximum Gasteiger partial charge on any atom is 0.358 e. The van der Waals surface area contributed by atoms with Crippen molar-refractivity contribution in [3.05, 3.63) is 88.6 Å². The number of aromatic nitrogens is 6. The van der Waals surface area contributed by atoms with Gasteiger partial charge in [-0.05, 0) is 49.0 Å². The molecule has 0 atom stereocenters. The highest BCUT2D eigenvalue weighted by Gasteiger charge is 2.25. The second-order valence-corrected chi connectivity index (χ2v) is 9.32. The summed E-state index contributed by atoms with van der Waals surface area (Å²) in [4.78, 5) is 34.9. The molecule has 0 bridgehead atoms. The average Bonchev–Trinajstić information content (AvgIpc) is 3.38. The van der Waals surface area contributed by atoms with E-state index in [9.17, 15) is 14.7 Å². The largest absolute Gasteiger partial charge is 0.497 e. The van der Waals surface area contributed by atoms with E-state index in [0.717, 1.165) is 54.4 Å². The SMILES string of the molecule is COc1ccc(-c2c(Nc3nncnc3C(=O)O)nc3c(C4=CCCCC4)c(-c4ccccc4)[nH]n3c2=O)cc1. The molecule has 1 aliphatic carbocycles. The molecule has 6 rings (SSSR count). The quantitative estimate of drug-likeness (QED) is 0.263. The van der Waals surface area contributed by atoms with Gasteiger partial charge in [-0.1, -0.05) is 48.5 Å². The second kappa shape index (κ2) is 10.4. The topological polar surface area (TPSA) is 147 Å². The molecule has 40 heavy (non-hydrogen) atoms. The van der Waals surface area contributed by atoms with Crippen LogP contribution in [0.1, 0.15) is 41.7 Å². The number of hydrogen-bond acceptors (Lipinski definition) is 8. The normalized spacial score (nSPS) is 13.2. The summed E-state index contributed by atoms with van der Waals surface area (Å²) in [6, 6.07) is 16.8. The minimum absolute atomic E-state index is 0.127. The number of carboxylic acid groups (broad SMARTS) is 1. The Bertz CT molecular complexity index is 1810. The van der Waals surface area contributed by atoms with Gasteiger partial charge < -0.3 is 15.2 Å². The number of hydrogen-bond donors (Lipinski definition) is 3. The molecule has 2 aromatic carbocycles. The number of aromatic amines is 1. The van der Waals surface area contributed by atoms with Crippen LogP contribution >= 0.6 is 0 Å². The first kappa shape index (κ1) is 25.0. The van der Waals surface area contributed by atoms with Gasteiger partial charge in [-0.15, -0.1) is 10.2 Å². The third kappa shape index (κ3) is 4.47. The van der Waals surface area contributed by atoms with Crippen LogP contribution in [0, 0.1) is 0 Å². The summed E-state index contributed by atoms with van der Waals surface area (Å²) in [6.07, 6.45) is 7.17. The van der Waals surface area contributed by atoms with Crippen molar-refractivity contribution in [2.24, 2.45) is 0 Å². The molecule has 11 heteroatoms. The van der Waals surface area contributed by atoms with Gasteiger partial charge >= 0.3 is 5.97 Å². The van der Waals surface area contributed by atoms with Crippen molar-refractivity contribution < 1.29 is 14.6 Å². The van der Waals surface area contributed by atoms with Crippen LogP contribution in [0.5, 0.6) is 5.75 Å². The van der Waals surface area contributed by atoms with Crippen LogP contribution in [-0.2, 0) is 0 Å². The fourth-order valence-electron chi connectivity index (χ4n) is 4.99. The predicted octanol–water partition coefficient (Wildman–Crippen LogP) is 4.95. The van der Waals surface area contributed by atoms with Gasteiger partial charge in [0.15, 0.2) is 17.2 Å². The van der Waals surface area contributed by atoms with E-state index in [-0.39, 0.29) is 28.5 Å². The van der Waals surface area contributed by atoms with Crippen LogP contribution in [0.2, 0.25) is 0 Å². The molecule has 3 N–H and O–H groups in total. The molecular weight excluding hydrogens is 510 g/mol. The van der Waals surface area contributed by atoms with Crippen LogP contribution < -0.4 is 15.6 Å². The number of ether oxygens (including phenoxy) is 1. The smallest absolute Gasteiger partial charge is 0.358 e. The molecule has 5 aromatic rings. The Morgan fingerprint density at radius 1 is 1.02 bits per heavy atom. The summed E-state index contributed by atoms with van der Waals surface area (Å²) < 4.78 is 6.74. The molecule has 11 nitrogen and oxygen atoms in total. The van der Waals surface area contributed by atoms with Crippen molar-refractivity contribution in [3.63, 3.8) is 0 Å². The maximum absolute atomic E-state index is 14.2. The first-order chi connectivity index (χ1) is 19.5. The van der Waals surface area contributed by atoms with Crippen molar-refractivity contribution in [2.45, 2.75) is 25.7 Å². The van der Waals surface area contributed by atoms with Gasteiger partial charge in [0.25, 0.3) is 5.56 Å². The molecule has 0 amide bonds. The number of carboxylic acids is 1. The zero-order valence-electron chi connectivity index (χ0n) is 21.6. The summed E-state index contributed by atoms with van der Waals surface area (Å²) in [7, 11) is 1.56. The Labute approximate surface area is 228 Å². The Morgan fingerprint density at radius 2 is 1.82 bits per heavy atom. The van der Waals surface area contributed by atoms with Crippen molar-refractivity contribution >= 4 is 28.8 Å². The summed E-state index contributed by atoms with van der Waals surface area (Å²) >= 11 is 0. The number of rotatable bonds is 7. The van der Waals surface area contributed by atoms with E-state index in [2.05, 4.69) is 31.7 Å². The number of aromatic carboxylic acids is 1. The maximum atomic E-state index is 14.2. The highest BCUT2D eigenvalue weighted by molar-refractivity contribution is 5.93. The first-order valence-corrected chi connectivity index (χ1v) is 12.8. The van der Waals surface area contributed by atoms with Gasteiger partial charge in [-0.3, -0.25) is 9.89 Å². The third-order valence-corrected chi connectivity index (χ3v) is 6.89. The van der Waals surface area contributed by atoms with Gasteiger partial charge in [0, 0.05) is 11.1 Å². The lowest BCUT2D eigenvalue weighted by Crippen LogP contribution is -2.20. The van der Waals surface area contributed by atoms with Crippen LogP contribution in [0.15, 0.2) is 71.8 Å².